The maximum atomic E-state index is 14.0. The number of ether oxygens (including phenoxy) is 1. The van der Waals surface area contributed by atoms with E-state index in [2.05, 4.69) is 5.32 Å². The fourth-order valence-electron chi connectivity index (χ4n) is 3.72. The summed E-state index contributed by atoms with van der Waals surface area (Å²) >= 11 is 0. The Hall–Kier alpha value is -2.18. The molecule has 2 fully saturated rings. The second-order valence-corrected chi connectivity index (χ2v) is 8.29. The van der Waals surface area contributed by atoms with Crippen molar-refractivity contribution in [2.75, 3.05) is 13.1 Å². The zero-order chi connectivity index (χ0) is 19.8. The first-order chi connectivity index (χ1) is 12.7. The molecule has 5 nitrogen and oxygen atoms in total. The van der Waals surface area contributed by atoms with E-state index in [1.807, 2.05) is 0 Å². The molecule has 2 amide bonds. The van der Waals surface area contributed by atoms with Gasteiger partial charge in [0.1, 0.15) is 17.2 Å². The van der Waals surface area contributed by atoms with Crippen LogP contribution in [0.25, 0.3) is 0 Å². The van der Waals surface area contributed by atoms with Crippen molar-refractivity contribution in [3.63, 3.8) is 0 Å². The molecule has 27 heavy (non-hydrogen) atoms. The minimum Gasteiger partial charge on any atom is -0.444 e. The molecule has 1 heterocycles. The molecule has 1 aromatic carbocycles. The van der Waals surface area contributed by atoms with Crippen molar-refractivity contribution in [3.05, 3.63) is 35.4 Å². The van der Waals surface area contributed by atoms with Gasteiger partial charge >= 0.3 is 6.09 Å². The molecule has 0 spiro atoms. The van der Waals surface area contributed by atoms with E-state index in [1.165, 1.54) is 18.2 Å². The number of nitrogens with zero attached hydrogens (tertiary/aromatic N) is 1. The number of benzene rings is 1. The Morgan fingerprint density at radius 1 is 1.26 bits per heavy atom. The maximum Gasteiger partial charge on any atom is 0.407 e. The van der Waals surface area contributed by atoms with Crippen LogP contribution in [0.5, 0.6) is 0 Å². The summed E-state index contributed by atoms with van der Waals surface area (Å²) in [5.41, 5.74) is -0.571. The van der Waals surface area contributed by atoms with Crippen molar-refractivity contribution in [2.24, 2.45) is 5.92 Å². The molecule has 3 unspecified atom stereocenters. The number of likely N-dealkylation sites (tertiary alicyclic amines) is 1. The number of amides is 2. The Kier molecular flexibility index (Phi) is 5.40. The lowest BCUT2D eigenvalue weighted by molar-refractivity contribution is -0.133. The molecule has 1 saturated carbocycles. The number of hydrogen-bond donors (Lipinski definition) is 1. The fraction of sp³-hybridized carbons (Fsp3) is 0.600. The van der Waals surface area contributed by atoms with E-state index in [0.29, 0.717) is 19.5 Å². The summed E-state index contributed by atoms with van der Waals surface area (Å²) in [7, 11) is 0. The molecule has 148 valence electrons. The summed E-state index contributed by atoms with van der Waals surface area (Å²) in [5, 5.41) is 2.71. The average Bonchev–Trinajstić information content (AvgIpc) is 3.18. The second kappa shape index (κ2) is 7.44. The molecule has 0 radical (unpaired) electrons. The summed E-state index contributed by atoms with van der Waals surface area (Å²) in [6, 6.07) is 3.66. The molecule has 1 saturated heterocycles. The predicted octanol–water partition coefficient (Wildman–Crippen LogP) is 3.58. The SMILES string of the molecule is CC(C)(C)OC(=O)NCC1CCCN1C(=O)C1CC1c1c(F)cccc1F. The van der Waals surface area contributed by atoms with Gasteiger partial charge in [-0.05, 0) is 52.2 Å². The highest BCUT2D eigenvalue weighted by molar-refractivity contribution is 5.83. The Balaban J connectivity index is 1.58. The predicted molar refractivity (Wildman–Crippen MR) is 96.2 cm³/mol. The van der Waals surface area contributed by atoms with E-state index >= 15 is 0 Å². The van der Waals surface area contributed by atoms with Crippen LogP contribution in [-0.2, 0) is 9.53 Å². The lowest BCUT2D eigenvalue weighted by atomic mass is 10.1. The van der Waals surface area contributed by atoms with Gasteiger partial charge in [-0.25, -0.2) is 13.6 Å². The van der Waals surface area contributed by atoms with Crippen molar-refractivity contribution < 1.29 is 23.1 Å². The number of nitrogens with one attached hydrogen (secondary N) is 1. The van der Waals surface area contributed by atoms with E-state index < -0.39 is 35.2 Å². The Bertz CT molecular complexity index is 712. The van der Waals surface area contributed by atoms with Crippen molar-refractivity contribution in [1.29, 1.82) is 0 Å². The van der Waals surface area contributed by atoms with Crippen LogP contribution < -0.4 is 5.32 Å². The smallest absolute Gasteiger partial charge is 0.407 e. The Morgan fingerprint density at radius 2 is 1.93 bits per heavy atom. The zero-order valence-electron chi connectivity index (χ0n) is 15.9. The van der Waals surface area contributed by atoms with Gasteiger partial charge in [-0.15, -0.1) is 0 Å². The molecule has 1 N–H and O–H groups in total. The van der Waals surface area contributed by atoms with Gasteiger partial charge in [0, 0.05) is 36.5 Å². The summed E-state index contributed by atoms with van der Waals surface area (Å²) in [6.45, 7) is 6.27. The fourth-order valence-corrected chi connectivity index (χ4v) is 3.72. The van der Waals surface area contributed by atoms with Crippen LogP contribution in [0.1, 0.15) is 51.5 Å². The molecule has 7 heteroatoms. The van der Waals surface area contributed by atoms with Crippen molar-refractivity contribution in [3.8, 4) is 0 Å². The number of alkyl carbamates (subject to hydrolysis) is 1. The standard InChI is InChI=1S/C20H26F2N2O3/c1-20(2,3)27-19(26)23-11-12-6-5-9-24(12)18(25)14-10-13(14)17-15(21)7-4-8-16(17)22/h4,7-8,12-14H,5-6,9-11H2,1-3H3,(H,23,26). The van der Waals surface area contributed by atoms with Crippen molar-refractivity contribution in [2.45, 2.75) is 57.6 Å². The van der Waals surface area contributed by atoms with Crippen LogP contribution in [0.15, 0.2) is 18.2 Å². The first-order valence-electron chi connectivity index (χ1n) is 9.38. The lowest BCUT2D eigenvalue weighted by Crippen LogP contribution is -2.45. The average molecular weight is 380 g/mol. The molecule has 1 aliphatic carbocycles. The van der Waals surface area contributed by atoms with Gasteiger partial charge in [-0.1, -0.05) is 6.07 Å². The maximum absolute atomic E-state index is 14.0. The van der Waals surface area contributed by atoms with Gasteiger partial charge < -0.3 is 15.0 Å². The van der Waals surface area contributed by atoms with Gasteiger partial charge in [-0.2, -0.15) is 0 Å². The zero-order valence-corrected chi connectivity index (χ0v) is 15.9. The normalized spacial score (nSPS) is 24.6. The van der Waals surface area contributed by atoms with Gasteiger partial charge in [-0.3, -0.25) is 4.79 Å². The van der Waals surface area contributed by atoms with Crippen LogP contribution in [0.2, 0.25) is 0 Å². The summed E-state index contributed by atoms with van der Waals surface area (Å²) < 4.78 is 33.1. The van der Waals surface area contributed by atoms with Crippen molar-refractivity contribution >= 4 is 12.0 Å². The first-order valence-corrected chi connectivity index (χ1v) is 9.38. The minimum absolute atomic E-state index is 0.0125. The number of halogens is 2. The van der Waals surface area contributed by atoms with Gasteiger partial charge in [0.25, 0.3) is 0 Å². The molecular weight excluding hydrogens is 354 g/mol. The van der Waals surface area contributed by atoms with Crippen LogP contribution in [-0.4, -0.2) is 41.6 Å². The number of carbonyl (C=O) groups excluding carboxylic acids is 2. The van der Waals surface area contributed by atoms with Crippen molar-refractivity contribution in [1.82, 2.24) is 10.2 Å². The number of rotatable bonds is 4. The number of hydrogen-bond acceptors (Lipinski definition) is 3. The van der Waals surface area contributed by atoms with Crippen LogP contribution in [0, 0.1) is 17.6 Å². The van der Waals surface area contributed by atoms with E-state index in [9.17, 15) is 18.4 Å². The lowest BCUT2D eigenvalue weighted by Gasteiger charge is -2.26. The minimum atomic E-state index is -0.597. The topological polar surface area (TPSA) is 58.6 Å². The molecule has 3 atom stereocenters. The summed E-state index contributed by atoms with van der Waals surface area (Å²) in [6.07, 6.45) is 1.57. The molecule has 0 aromatic heterocycles. The Morgan fingerprint density at radius 3 is 2.56 bits per heavy atom. The largest absolute Gasteiger partial charge is 0.444 e. The highest BCUT2D eigenvalue weighted by Crippen LogP contribution is 2.50. The highest BCUT2D eigenvalue weighted by Gasteiger charge is 2.49. The molecule has 2 aliphatic rings. The third-order valence-electron chi connectivity index (χ3n) is 5.02. The number of carbonyl (C=O) groups is 2. The van der Waals surface area contributed by atoms with E-state index in [4.69, 9.17) is 4.74 Å². The molecule has 1 aromatic rings. The van der Waals surface area contributed by atoms with Gasteiger partial charge in [0.2, 0.25) is 5.91 Å². The molecular formula is C20H26F2N2O3. The molecule has 0 bridgehead atoms. The Labute approximate surface area is 158 Å². The van der Waals surface area contributed by atoms with E-state index in [1.54, 1.807) is 25.7 Å². The monoisotopic (exact) mass is 380 g/mol. The van der Waals surface area contributed by atoms with Crippen LogP contribution >= 0.6 is 0 Å². The first kappa shape index (κ1) is 19.6. The van der Waals surface area contributed by atoms with Crippen LogP contribution in [0.4, 0.5) is 13.6 Å². The van der Waals surface area contributed by atoms with Gasteiger partial charge in [0.15, 0.2) is 0 Å². The highest BCUT2D eigenvalue weighted by atomic mass is 19.1. The van der Waals surface area contributed by atoms with Gasteiger partial charge in [0.05, 0.1) is 0 Å². The quantitative estimate of drug-likeness (QED) is 0.869. The molecule has 3 rings (SSSR count). The van der Waals surface area contributed by atoms with E-state index in [0.717, 1.165) is 12.8 Å². The third-order valence-corrected chi connectivity index (χ3v) is 5.02. The third kappa shape index (κ3) is 4.57. The summed E-state index contributed by atoms with van der Waals surface area (Å²) in [4.78, 5) is 26.4. The second-order valence-electron chi connectivity index (χ2n) is 8.29. The molecule has 1 aliphatic heterocycles. The van der Waals surface area contributed by atoms with Crippen LogP contribution in [0.3, 0.4) is 0 Å². The summed E-state index contributed by atoms with van der Waals surface area (Å²) in [5.74, 6) is -2.08. The van der Waals surface area contributed by atoms with E-state index in [-0.39, 0.29) is 17.5 Å².